The van der Waals surface area contributed by atoms with E-state index < -0.39 is 11.7 Å². The lowest BCUT2D eigenvalue weighted by Crippen LogP contribution is -2.33. The maximum Gasteiger partial charge on any atom is 0.257 e. The fourth-order valence-corrected chi connectivity index (χ4v) is 2.55. The van der Waals surface area contributed by atoms with Gasteiger partial charge in [-0.2, -0.15) is 0 Å². The maximum absolute atomic E-state index is 14.3. The van der Waals surface area contributed by atoms with Crippen molar-refractivity contribution in [1.29, 1.82) is 0 Å². The highest BCUT2D eigenvalue weighted by molar-refractivity contribution is 6.04. The van der Waals surface area contributed by atoms with E-state index in [9.17, 15) is 9.18 Å². The molecule has 1 atom stereocenters. The van der Waals surface area contributed by atoms with E-state index in [4.69, 9.17) is 9.47 Å². The Labute approximate surface area is 145 Å². The molecule has 0 saturated carbocycles. The van der Waals surface area contributed by atoms with Crippen LogP contribution in [0.4, 0.5) is 10.1 Å². The lowest BCUT2D eigenvalue weighted by Gasteiger charge is -2.24. The van der Waals surface area contributed by atoms with Gasteiger partial charge in [0.25, 0.3) is 5.91 Å². The highest BCUT2D eigenvalue weighted by Crippen LogP contribution is 2.24. The van der Waals surface area contributed by atoms with Crippen LogP contribution in [0.3, 0.4) is 0 Å². The van der Waals surface area contributed by atoms with Gasteiger partial charge in [-0.3, -0.25) is 4.79 Å². The number of rotatable bonds is 5. The van der Waals surface area contributed by atoms with Gasteiger partial charge in [0.05, 0.1) is 30.6 Å². The minimum absolute atomic E-state index is 0.117. The number of benzene rings is 1. The zero-order valence-electron chi connectivity index (χ0n) is 13.9. The van der Waals surface area contributed by atoms with Crippen LogP contribution < -0.4 is 15.4 Å². The average molecular weight is 345 g/mol. The van der Waals surface area contributed by atoms with Crippen LogP contribution in [-0.2, 0) is 4.74 Å². The number of hydrogen-bond acceptors (Lipinski definition) is 5. The predicted molar refractivity (Wildman–Crippen MR) is 91.3 cm³/mol. The number of carbonyl (C=O) groups is 1. The van der Waals surface area contributed by atoms with E-state index in [0.29, 0.717) is 31.2 Å². The first-order valence-electron chi connectivity index (χ1n) is 8.19. The van der Waals surface area contributed by atoms with Crippen LogP contribution >= 0.6 is 0 Å². The number of aromatic nitrogens is 1. The fraction of sp³-hybridized carbons (Fsp3) is 0.333. The van der Waals surface area contributed by atoms with Crippen LogP contribution in [0, 0.1) is 5.82 Å². The molecule has 1 saturated heterocycles. The zero-order valence-corrected chi connectivity index (χ0v) is 13.9. The van der Waals surface area contributed by atoms with E-state index in [1.54, 1.807) is 24.3 Å². The number of anilines is 1. The van der Waals surface area contributed by atoms with Gasteiger partial charge in [-0.1, -0.05) is 6.07 Å². The molecule has 0 spiro atoms. The van der Waals surface area contributed by atoms with E-state index in [1.165, 1.54) is 12.3 Å². The molecule has 1 aliphatic heterocycles. The minimum Gasteiger partial charge on any atom is -0.478 e. The minimum atomic E-state index is -0.501. The quantitative estimate of drug-likeness (QED) is 0.871. The Kier molecular flexibility index (Phi) is 5.57. The van der Waals surface area contributed by atoms with Crippen molar-refractivity contribution in [2.24, 2.45) is 0 Å². The summed E-state index contributed by atoms with van der Waals surface area (Å²) in [7, 11) is 0. The molecule has 3 rings (SSSR count). The van der Waals surface area contributed by atoms with E-state index in [0.717, 1.165) is 12.1 Å². The van der Waals surface area contributed by atoms with Gasteiger partial charge in [0.1, 0.15) is 5.82 Å². The topological polar surface area (TPSA) is 72.5 Å². The van der Waals surface area contributed by atoms with Crippen molar-refractivity contribution < 1.29 is 18.7 Å². The summed E-state index contributed by atoms with van der Waals surface area (Å²) in [6, 6.07) is 7.88. The van der Waals surface area contributed by atoms with Crippen molar-refractivity contribution in [3.63, 3.8) is 0 Å². The van der Waals surface area contributed by atoms with E-state index in [2.05, 4.69) is 15.6 Å². The number of nitrogens with zero attached hydrogens (tertiary/aromatic N) is 1. The Hall–Kier alpha value is -2.51. The van der Waals surface area contributed by atoms with Gasteiger partial charge in [-0.15, -0.1) is 0 Å². The van der Waals surface area contributed by atoms with Gasteiger partial charge in [0.2, 0.25) is 5.88 Å². The number of hydrogen-bond donors (Lipinski definition) is 2. The Morgan fingerprint density at radius 3 is 2.96 bits per heavy atom. The Morgan fingerprint density at radius 1 is 1.44 bits per heavy atom. The second kappa shape index (κ2) is 8.04. The van der Waals surface area contributed by atoms with Crippen molar-refractivity contribution >= 4 is 11.6 Å². The van der Waals surface area contributed by atoms with Gasteiger partial charge in [-0.25, -0.2) is 9.37 Å². The molecule has 0 unspecified atom stereocenters. The van der Waals surface area contributed by atoms with Gasteiger partial charge < -0.3 is 20.1 Å². The van der Waals surface area contributed by atoms with Crippen LogP contribution in [-0.4, -0.2) is 37.2 Å². The van der Waals surface area contributed by atoms with Gasteiger partial charge in [-0.05, 0) is 30.7 Å². The van der Waals surface area contributed by atoms with E-state index in [1.807, 2.05) is 6.92 Å². The van der Waals surface area contributed by atoms with Crippen LogP contribution in [0.25, 0.3) is 0 Å². The van der Waals surface area contributed by atoms with Gasteiger partial charge in [0.15, 0.2) is 0 Å². The Morgan fingerprint density at radius 2 is 2.32 bits per heavy atom. The maximum atomic E-state index is 14.3. The number of pyridine rings is 1. The molecule has 1 fully saturated rings. The number of amides is 1. The first kappa shape index (κ1) is 17.3. The summed E-state index contributed by atoms with van der Waals surface area (Å²) in [6.45, 7) is 4.38. The number of carbonyl (C=O) groups excluding carboxylic acids is 1. The molecule has 1 aromatic carbocycles. The normalized spacial score (nSPS) is 17.1. The Bertz CT molecular complexity index is 731. The summed E-state index contributed by atoms with van der Waals surface area (Å²) < 4.78 is 25.2. The molecule has 7 heteroatoms. The molecule has 6 nitrogen and oxygen atoms in total. The largest absolute Gasteiger partial charge is 0.478 e. The van der Waals surface area contributed by atoms with Gasteiger partial charge in [0, 0.05) is 25.4 Å². The molecule has 132 valence electrons. The number of nitrogens with one attached hydrogen (secondary N) is 2. The third-order valence-corrected chi connectivity index (χ3v) is 3.83. The molecule has 2 heterocycles. The van der Waals surface area contributed by atoms with Gasteiger partial charge >= 0.3 is 0 Å². The molecule has 1 aliphatic rings. The standard InChI is InChI=1S/C18H20FN3O3/c1-2-24-17-6-4-13(10-21-17)18(23)22-15-5-3-12(9-14(15)19)16-11-20-7-8-25-16/h3-6,9-10,16,20H,2,7-8,11H2,1H3,(H,22,23)/t16-/m1/s1. The molecule has 1 aromatic heterocycles. The summed E-state index contributed by atoms with van der Waals surface area (Å²) in [6.07, 6.45) is 1.22. The fourth-order valence-electron chi connectivity index (χ4n) is 2.55. The number of morpholine rings is 1. The molecular formula is C18H20FN3O3. The predicted octanol–water partition coefficient (Wildman–Crippen LogP) is 2.53. The van der Waals surface area contributed by atoms with Crippen molar-refractivity contribution in [2.45, 2.75) is 13.0 Å². The lowest BCUT2D eigenvalue weighted by atomic mass is 10.1. The second-order valence-corrected chi connectivity index (χ2v) is 5.58. The average Bonchev–Trinajstić information content (AvgIpc) is 2.65. The lowest BCUT2D eigenvalue weighted by molar-refractivity contribution is 0.0275. The summed E-state index contributed by atoms with van der Waals surface area (Å²) >= 11 is 0. The van der Waals surface area contributed by atoms with Crippen molar-refractivity contribution in [2.75, 3.05) is 31.6 Å². The second-order valence-electron chi connectivity index (χ2n) is 5.58. The molecule has 0 aliphatic carbocycles. The molecule has 0 radical (unpaired) electrons. The number of ether oxygens (including phenoxy) is 2. The van der Waals surface area contributed by atoms with Crippen LogP contribution in [0.15, 0.2) is 36.5 Å². The summed E-state index contributed by atoms with van der Waals surface area (Å²) in [4.78, 5) is 16.3. The van der Waals surface area contributed by atoms with E-state index >= 15 is 0 Å². The zero-order chi connectivity index (χ0) is 17.6. The van der Waals surface area contributed by atoms with Crippen molar-refractivity contribution in [3.8, 4) is 5.88 Å². The van der Waals surface area contributed by atoms with Crippen molar-refractivity contribution in [1.82, 2.24) is 10.3 Å². The highest BCUT2D eigenvalue weighted by Gasteiger charge is 2.18. The molecule has 2 aromatic rings. The molecule has 25 heavy (non-hydrogen) atoms. The monoisotopic (exact) mass is 345 g/mol. The summed E-state index contributed by atoms with van der Waals surface area (Å²) in [5, 5.41) is 5.76. The highest BCUT2D eigenvalue weighted by atomic mass is 19.1. The molecule has 0 bridgehead atoms. The molecular weight excluding hydrogens is 325 g/mol. The SMILES string of the molecule is CCOc1ccc(C(=O)Nc2ccc([C@H]3CNCCO3)cc2F)cn1. The first-order chi connectivity index (χ1) is 12.2. The summed E-state index contributed by atoms with van der Waals surface area (Å²) in [5.41, 5.74) is 1.18. The Balaban J connectivity index is 1.68. The summed E-state index contributed by atoms with van der Waals surface area (Å²) in [5.74, 6) is -0.493. The van der Waals surface area contributed by atoms with Crippen LogP contribution in [0.5, 0.6) is 5.88 Å². The van der Waals surface area contributed by atoms with E-state index in [-0.39, 0.29) is 11.8 Å². The van der Waals surface area contributed by atoms with Crippen molar-refractivity contribution in [3.05, 3.63) is 53.5 Å². The smallest absolute Gasteiger partial charge is 0.257 e. The molecule has 1 amide bonds. The van der Waals surface area contributed by atoms with Crippen LogP contribution in [0.2, 0.25) is 0 Å². The third-order valence-electron chi connectivity index (χ3n) is 3.83. The van der Waals surface area contributed by atoms with Crippen LogP contribution in [0.1, 0.15) is 28.9 Å². The third kappa shape index (κ3) is 4.32. The first-order valence-corrected chi connectivity index (χ1v) is 8.19. The number of halogens is 1. The molecule has 2 N–H and O–H groups in total.